The summed E-state index contributed by atoms with van der Waals surface area (Å²) in [6.07, 6.45) is 1.39. The maximum atomic E-state index is 15.1. The van der Waals surface area contributed by atoms with Crippen LogP contribution in [0, 0.1) is 19.7 Å². The van der Waals surface area contributed by atoms with E-state index in [1.165, 1.54) is 12.3 Å². The first-order valence-corrected chi connectivity index (χ1v) is 14.0. The SMILES string of the molecule is CCOc1ccccc1Oc1nc(Nc2ccc(N3CCN(C)CC3)c(F)c2)ncc1C(=O)Nc1c(C)cccc1C. The van der Waals surface area contributed by atoms with Gasteiger partial charge in [-0.15, -0.1) is 0 Å². The summed E-state index contributed by atoms with van der Waals surface area (Å²) in [6, 6.07) is 17.9. The molecule has 1 saturated heterocycles. The molecule has 2 N–H and O–H groups in total. The number of likely N-dealkylation sites (N-methyl/N-ethyl adjacent to an activating group) is 1. The molecule has 0 bridgehead atoms. The smallest absolute Gasteiger partial charge is 0.262 e. The number of anilines is 4. The van der Waals surface area contributed by atoms with Gasteiger partial charge in [0.1, 0.15) is 11.4 Å². The fraction of sp³-hybridized carbons (Fsp3) is 0.281. The number of nitrogens with one attached hydrogen (secondary N) is 2. The zero-order valence-electron chi connectivity index (χ0n) is 24.3. The monoisotopic (exact) mass is 570 g/mol. The quantitative estimate of drug-likeness (QED) is 0.247. The van der Waals surface area contributed by atoms with Crippen LogP contribution in [0.1, 0.15) is 28.4 Å². The lowest BCUT2D eigenvalue weighted by Gasteiger charge is -2.34. The molecule has 2 heterocycles. The van der Waals surface area contributed by atoms with Crippen molar-refractivity contribution < 1.29 is 18.7 Å². The number of nitrogens with zero attached hydrogens (tertiary/aromatic N) is 4. The van der Waals surface area contributed by atoms with Crippen LogP contribution in [-0.4, -0.2) is 60.6 Å². The van der Waals surface area contributed by atoms with Crippen molar-refractivity contribution in [3.8, 4) is 17.4 Å². The maximum absolute atomic E-state index is 15.1. The van der Waals surface area contributed by atoms with Crippen LogP contribution in [0.25, 0.3) is 0 Å². The first-order valence-electron chi connectivity index (χ1n) is 14.0. The van der Waals surface area contributed by atoms with E-state index in [1.54, 1.807) is 30.3 Å². The molecule has 1 aromatic heterocycles. The van der Waals surface area contributed by atoms with Crippen molar-refractivity contribution in [2.24, 2.45) is 0 Å². The standard InChI is InChI=1S/C32H35FN6O3/c1-5-41-27-11-6-7-12-28(27)42-31-24(30(40)36-29-21(2)9-8-10-22(29)3)20-34-32(37-31)35-23-13-14-26(25(33)19-23)39-17-15-38(4)16-18-39/h6-14,19-20H,5,15-18H2,1-4H3,(H,36,40)(H,34,35,37). The highest BCUT2D eigenvalue weighted by atomic mass is 19.1. The van der Waals surface area contributed by atoms with Gasteiger partial charge in [0.15, 0.2) is 11.5 Å². The van der Waals surface area contributed by atoms with Crippen molar-refractivity contribution in [2.45, 2.75) is 20.8 Å². The number of hydrogen-bond donors (Lipinski definition) is 2. The van der Waals surface area contributed by atoms with E-state index in [9.17, 15) is 4.79 Å². The van der Waals surface area contributed by atoms with Gasteiger partial charge in [-0.3, -0.25) is 4.79 Å². The molecule has 42 heavy (non-hydrogen) atoms. The van der Waals surface area contributed by atoms with Gasteiger partial charge in [0.25, 0.3) is 5.91 Å². The normalized spacial score (nSPS) is 13.5. The highest BCUT2D eigenvalue weighted by Gasteiger charge is 2.21. The molecule has 9 nitrogen and oxygen atoms in total. The minimum atomic E-state index is -0.426. The van der Waals surface area contributed by atoms with Crippen LogP contribution in [0.2, 0.25) is 0 Å². The van der Waals surface area contributed by atoms with E-state index in [1.807, 2.05) is 49.9 Å². The Labute approximate surface area is 245 Å². The first kappa shape index (κ1) is 28.8. The molecule has 1 fully saturated rings. The van der Waals surface area contributed by atoms with Crippen molar-refractivity contribution in [1.29, 1.82) is 0 Å². The summed E-state index contributed by atoms with van der Waals surface area (Å²) in [7, 11) is 2.06. The fourth-order valence-corrected chi connectivity index (χ4v) is 4.78. The number of amides is 1. The average Bonchev–Trinajstić information content (AvgIpc) is 2.97. The Hall–Kier alpha value is -4.70. The van der Waals surface area contributed by atoms with Crippen molar-refractivity contribution in [3.63, 3.8) is 0 Å². The molecular weight excluding hydrogens is 535 g/mol. The van der Waals surface area contributed by atoms with Crippen LogP contribution in [0.3, 0.4) is 0 Å². The molecule has 5 rings (SSSR count). The van der Waals surface area contributed by atoms with Gasteiger partial charge in [-0.05, 0) is 69.3 Å². The van der Waals surface area contributed by atoms with E-state index in [4.69, 9.17) is 9.47 Å². The van der Waals surface area contributed by atoms with Gasteiger partial charge >= 0.3 is 0 Å². The van der Waals surface area contributed by atoms with Crippen LogP contribution in [0.4, 0.5) is 27.4 Å². The summed E-state index contributed by atoms with van der Waals surface area (Å²) in [4.78, 5) is 26.6. The summed E-state index contributed by atoms with van der Waals surface area (Å²) < 4.78 is 27.0. The zero-order chi connectivity index (χ0) is 29.6. The summed E-state index contributed by atoms with van der Waals surface area (Å²) in [5, 5.41) is 6.02. The molecule has 0 unspecified atom stereocenters. The van der Waals surface area contributed by atoms with Gasteiger partial charge in [0.2, 0.25) is 11.8 Å². The predicted octanol–water partition coefficient (Wildman–Crippen LogP) is 6.17. The van der Waals surface area contributed by atoms with E-state index in [2.05, 4.69) is 32.5 Å². The molecule has 1 amide bonds. The fourth-order valence-electron chi connectivity index (χ4n) is 4.78. The maximum Gasteiger partial charge on any atom is 0.262 e. The Kier molecular flexibility index (Phi) is 8.83. The molecule has 0 radical (unpaired) electrons. The lowest BCUT2D eigenvalue weighted by Crippen LogP contribution is -2.44. The Bertz CT molecular complexity index is 1550. The number of para-hydroxylation sites is 3. The third-order valence-corrected chi connectivity index (χ3v) is 7.12. The van der Waals surface area contributed by atoms with Gasteiger partial charge in [0, 0.05) is 43.8 Å². The molecule has 1 aliphatic rings. The summed E-state index contributed by atoms with van der Waals surface area (Å²) >= 11 is 0. The Morgan fingerprint density at radius 2 is 1.69 bits per heavy atom. The number of hydrogen-bond acceptors (Lipinski definition) is 8. The van der Waals surface area contributed by atoms with Gasteiger partial charge < -0.3 is 29.9 Å². The lowest BCUT2D eigenvalue weighted by atomic mass is 10.1. The van der Waals surface area contributed by atoms with Crippen molar-refractivity contribution >= 4 is 28.9 Å². The number of aryl methyl sites for hydroxylation is 2. The first-order chi connectivity index (χ1) is 20.3. The molecule has 1 aliphatic heterocycles. The molecular formula is C32H35FN6O3. The van der Waals surface area contributed by atoms with Crippen LogP contribution >= 0.6 is 0 Å². The van der Waals surface area contributed by atoms with Gasteiger partial charge in [-0.2, -0.15) is 4.98 Å². The summed E-state index contributed by atoms with van der Waals surface area (Å²) in [6.45, 7) is 9.45. The van der Waals surface area contributed by atoms with Crippen molar-refractivity contribution in [1.82, 2.24) is 14.9 Å². The number of ether oxygens (including phenoxy) is 2. The number of halogens is 1. The van der Waals surface area contributed by atoms with Crippen molar-refractivity contribution in [2.75, 3.05) is 55.4 Å². The molecule has 0 atom stereocenters. The molecule has 10 heteroatoms. The molecule has 4 aromatic rings. The van der Waals surface area contributed by atoms with Gasteiger partial charge in [-0.1, -0.05) is 30.3 Å². The number of rotatable bonds is 9. The second kappa shape index (κ2) is 12.9. The highest BCUT2D eigenvalue weighted by Crippen LogP contribution is 2.33. The van der Waals surface area contributed by atoms with Crippen LogP contribution in [0.15, 0.2) is 66.9 Å². The third-order valence-electron chi connectivity index (χ3n) is 7.12. The topological polar surface area (TPSA) is 91.9 Å². The van der Waals surface area contributed by atoms with Crippen LogP contribution < -0.4 is 25.0 Å². The zero-order valence-corrected chi connectivity index (χ0v) is 24.3. The van der Waals surface area contributed by atoms with E-state index in [0.717, 1.165) is 37.3 Å². The van der Waals surface area contributed by atoms with E-state index < -0.39 is 5.91 Å². The van der Waals surface area contributed by atoms with Gasteiger partial charge in [-0.25, -0.2) is 9.37 Å². The molecule has 3 aromatic carbocycles. The summed E-state index contributed by atoms with van der Waals surface area (Å²) in [5.41, 5.74) is 3.72. The second-order valence-electron chi connectivity index (χ2n) is 10.2. The number of carbonyl (C=O) groups excluding carboxylic acids is 1. The Balaban J connectivity index is 1.44. The molecule has 0 saturated carbocycles. The van der Waals surface area contributed by atoms with E-state index >= 15 is 4.39 Å². The van der Waals surface area contributed by atoms with Crippen LogP contribution in [0.5, 0.6) is 17.4 Å². The Morgan fingerprint density at radius 1 is 0.976 bits per heavy atom. The third kappa shape index (κ3) is 6.60. The molecule has 0 aliphatic carbocycles. The number of piperazine rings is 1. The minimum Gasteiger partial charge on any atom is -0.490 e. The van der Waals surface area contributed by atoms with E-state index in [0.29, 0.717) is 35.2 Å². The minimum absolute atomic E-state index is 0.0259. The highest BCUT2D eigenvalue weighted by molar-refractivity contribution is 6.06. The number of benzene rings is 3. The number of carbonyl (C=O) groups is 1. The summed E-state index contributed by atoms with van der Waals surface area (Å²) in [5.74, 6) is 0.317. The van der Waals surface area contributed by atoms with Crippen LogP contribution in [-0.2, 0) is 0 Å². The average molecular weight is 571 g/mol. The van der Waals surface area contributed by atoms with Crippen molar-refractivity contribution in [3.05, 3.63) is 89.4 Å². The molecule has 218 valence electrons. The second-order valence-corrected chi connectivity index (χ2v) is 10.2. The lowest BCUT2D eigenvalue weighted by molar-refractivity contribution is 0.102. The Morgan fingerprint density at radius 3 is 2.38 bits per heavy atom. The van der Waals surface area contributed by atoms with E-state index in [-0.39, 0.29) is 23.2 Å². The van der Waals surface area contributed by atoms with Gasteiger partial charge in [0.05, 0.1) is 12.3 Å². The largest absolute Gasteiger partial charge is 0.490 e. The predicted molar refractivity (Wildman–Crippen MR) is 163 cm³/mol. The molecule has 0 spiro atoms. The number of aromatic nitrogens is 2.